The van der Waals surface area contributed by atoms with Crippen molar-refractivity contribution in [2.45, 2.75) is 11.3 Å². The molecule has 1 N–H and O–H groups in total. The molecule has 3 nitrogen and oxygen atoms in total. The Morgan fingerprint density at radius 2 is 1.95 bits per heavy atom. The quantitative estimate of drug-likeness (QED) is 0.811. The molecule has 1 aromatic rings. The average Bonchev–Trinajstić information content (AvgIpc) is 2.43. The number of carbonyl (C=O) groups is 1. The fourth-order valence-corrected chi connectivity index (χ4v) is 3.17. The van der Waals surface area contributed by atoms with Gasteiger partial charge in [-0.2, -0.15) is 11.8 Å². The molecule has 0 atom stereocenters. The molecule has 1 aromatic carbocycles. The summed E-state index contributed by atoms with van der Waals surface area (Å²) in [5.74, 6) is 2.52. The molecule has 1 amide bonds. The molecule has 2 rings (SSSR count). The van der Waals surface area contributed by atoms with Gasteiger partial charge in [0, 0.05) is 42.6 Å². The second-order valence-electron chi connectivity index (χ2n) is 4.65. The highest BCUT2D eigenvalue weighted by Gasteiger charge is 2.10. The summed E-state index contributed by atoms with van der Waals surface area (Å²) in [6.45, 7) is 3.99. The number of carbonyl (C=O) groups excluding carboxylic acids is 1. The second kappa shape index (κ2) is 7.82. The molecule has 0 spiro atoms. The number of thiol groups is 1. The van der Waals surface area contributed by atoms with Crippen LogP contribution in [0.3, 0.4) is 0 Å². The van der Waals surface area contributed by atoms with E-state index in [2.05, 4.69) is 22.8 Å². The van der Waals surface area contributed by atoms with Crippen molar-refractivity contribution in [2.75, 3.05) is 37.7 Å². The topological polar surface area (TPSA) is 32.3 Å². The van der Waals surface area contributed by atoms with Crippen LogP contribution in [0.15, 0.2) is 29.2 Å². The third kappa shape index (κ3) is 5.47. The van der Waals surface area contributed by atoms with E-state index in [9.17, 15) is 4.79 Å². The molecule has 19 heavy (non-hydrogen) atoms. The normalized spacial score (nSPS) is 16.3. The standard InChI is InChI=1S/C14H20N2OS2/c17-14(11-12-1-3-13(18)4-2-12)15-5-6-16-7-9-19-10-8-16/h1-4,18H,5-11H2,(H,15,17). The zero-order valence-electron chi connectivity index (χ0n) is 11.0. The molecular formula is C14H20N2OS2. The molecule has 0 radical (unpaired) electrons. The summed E-state index contributed by atoms with van der Waals surface area (Å²) in [6.07, 6.45) is 0.448. The van der Waals surface area contributed by atoms with Gasteiger partial charge in [0.1, 0.15) is 0 Å². The van der Waals surface area contributed by atoms with Crippen LogP contribution < -0.4 is 5.32 Å². The van der Waals surface area contributed by atoms with Crippen molar-refractivity contribution in [2.24, 2.45) is 0 Å². The zero-order chi connectivity index (χ0) is 13.5. The van der Waals surface area contributed by atoms with Gasteiger partial charge in [-0.3, -0.25) is 9.69 Å². The van der Waals surface area contributed by atoms with Crippen LogP contribution in [0.5, 0.6) is 0 Å². The van der Waals surface area contributed by atoms with E-state index in [1.807, 2.05) is 36.0 Å². The predicted molar refractivity (Wildman–Crippen MR) is 84.2 cm³/mol. The number of amides is 1. The van der Waals surface area contributed by atoms with Gasteiger partial charge >= 0.3 is 0 Å². The van der Waals surface area contributed by atoms with E-state index in [0.717, 1.165) is 36.6 Å². The van der Waals surface area contributed by atoms with Crippen LogP contribution in [0.4, 0.5) is 0 Å². The number of nitrogens with zero attached hydrogens (tertiary/aromatic N) is 1. The van der Waals surface area contributed by atoms with Crippen molar-refractivity contribution >= 4 is 30.3 Å². The third-order valence-corrected chi connectivity index (χ3v) is 4.40. The van der Waals surface area contributed by atoms with Gasteiger partial charge < -0.3 is 5.32 Å². The van der Waals surface area contributed by atoms with Crippen LogP contribution in [-0.2, 0) is 11.2 Å². The molecule has 5 heteroatoms. The minimum atomic E-state index is 0.0956. The summed E-state index contributed by atoms with van der Waals surface area (Å²) in [5, 5.41) is 2.99. The van der Waals surface area contributed by atoms with Crippen LogP contribution in [0.1, 0.15) is 5.56 Å². The fourth-order valence-electron chi connectivity index (χ4n) is 2.04. The summed E-state index contributed by atoms with van der Waals surface area (Å²) >= 11 is 6.24. The molecule has 0 aliphatic carbocycles. The van der Waals surface area contributed by atoms with Crippen molar-refractivity contribution in [3.8, 4) is 0 Å². The molecule has 104 valence electrons. The number of rotatable bonds is 5. The first kappa shape index (κ1) is 14.8. The minimum absolute atomic E-state index is 0.0956. The molecule has 0 aromatic heterocycles. The summed E-state index contributed by atoms with van der Waals surface area (Å²) < 4.78 is 0. The SMILES string of the molecule is O=C(Cc1ccc(S)cc1)NCCN1CCSCC1. The lowest BCUT2D eigenvalue weighted by molar-refractivity contribution is -0.120. The van der Waals surface area contributed by atoms with Gasteiger partial charge in [0.15, 0.2) is 0 Å². The maximum Gasteiger partial charge on any atom is 0.224 e. The van der Waals surface area contributed by atoms with Gasteiger partial charge in [-0.25, -0.2) is 0 Å². The van der Waals surface area contributed by atoms with Crippen LogP contribution in [0.2, 0.25) is 0 Å². The first-order chi connectivity index (χ1) is 9.24. The molecule has 0 unspecified atom stereocenters. The lowest BCUT2D eigenvalue weighted by Crippen LogP contribution is -2.39. The van der Waals surface area contributed by atoms with Gasteiger partial charge in [0.05, 0.1) is 6.42 Å². The Labute approximate surface area is 124 Å². The van der Waals surface area contributed by atoms with Crippen molar-refractivity contribution in [1.82, 2.24) is 10.2 Å². The molecule has 1 aliphatic heterocycles. The van der Waals surface area contributed by atoms with Crippen molar-refractivity contribution in [3.05, 3.63) is 29.8 Å². The maximum atomic E-state index is 11.8. The highest BCUT2D eigenvalue weighted by molar-refractivity contribution is 7.99. The van der Waals surface area contributed by atoms with E-state index in [-0.39, 0.29) is 5.91 Å². The van der Waals surface area contributed by atoms with Crippen LogP contribution in [-0.4, -0.2) is 48.5 Å². The van der Waals surface area contributed by atoms with Crippen LogP contribution in [0.25, 0.3) is 0 Å². The van der Waals surface area contributed by atoms with E-state index in [4.69, 9.17) is 0 Å². The summed E-state index contributed by atoms with van der Waals surface area (Å²) in [5.41, 5.74) is 1.03. The molecule has 1 fully saturated rings. The van der Waals surface area contributed by atoms with Gasteiger partial charge in [-0.1, -0.05) is 12.1 Å². The predicted octanol–water partition coefficient (Wildman–Crippen LogP) is 1.68. The maximum absolute atomic E-state index is 11.8. The Hall–Kier alpha value is -0.650. The molecule has 0 bridgehead atoms. The molecule has 1 heterocycles. The molecule has 0 saturated carbocycles. The lowest BCUT2D eigenvalue weighted by Gasteiger charge is -2.25. The van der Waals surface area contributed by atoms with Gasteiger partial charge in [0.25, 0.3) is 0 Å². The summed E-state index contributed by atoms with van der Waals surface area (Å²) in [4.78, 5) is 15.1. The Morgan fingerprint density at radius 3 is 2.63 bits per heavy atom. The van der Waals surface area contributed by atoms with Gasteiger partial charge in [0.2, 0.25) is 5.91 Å². The van der Waals surface area contributed by atoms with E-state index >= 15 is 0 Å². The second-order valence-corrected chi connectivity index (χ2v) is 6.39. The van der Waals surface area contributed by atoms with Crippen molar-refractivity contribution in [1.29, 1.82) is 0 Å². The third-order valence-electron chi connectivity index (χ3n) is 3.15. The molecule has 1 saturated heterocycles. The molecular weight excluding hydrogens is 276 g/mol. The number of hydrogen-bond donors (Lipinski definition) is 2. The Morgan fingerprint density at radius 1 is 1.26 bits per heavy atom. The Kier molecular flexibility index (Phi) is 6.07. The fraction of sp³-hybridized carbons (Fsp3) is 0.500. The number of hydrogen-bond acceptors (Lipinski definition) is 4. The first-order valence-corrected chi connectivity index (χ1v) is 8.19. The van der Waals surface area contributed by atoms with E-state index in [0.29, 0.717) is 6.42 Å². The monoisotopic (exact) mass is 296 g/mol. The minimum Gasteiger partial charge on any atom is -0.355 e. The van der Waals surface area contributed by atoms with Gasteiger partial charge in [-0.05, 0) is 17.7 Å². The Bertz CT molecular complexity index is 402. The van der Waals surface area contributed by atoms with Gasteiger partial charge in [-0.15, -0.1) is 12.6 Å². The largest absolute Gasteiger partial charge is 0.355 e. The smallest absolute Gasteiger partial charge is 0.224 e. The number of thioether (sulfide) groups is 1. The lowest BCUT2D eigenvalue weighted by atomic mass is 10.1. The van der Waals surface area contributed by atoms with E-state index in [1.165, 1.54) is 11.5 Å². The van der Waals surface area contributed by atoms with Crippen LogP contribution >= 0.6 is 24.4 Å². The summed E-state index contributed by atoms with van der Waals surface area (Å²) in [6, 6.07) is 7.72. The van der Waals surface area contributed by atoms with Crippen molar-refractivity contribution in [3.63, 3.8) is 0 Å². The summed E-state index contributed by atoms with van der Waals surface area (Å²) in [7, 11) is 0. The highest BCUT2D eigenvalue weighted by Crippen LogP contribution is 2.09. The van der Waals surface area contributed by atoms with Crippen LogP contribution in [0, 0.1) is 0 Å². The van der Waals surface area contributed by atoms with E-state index in [1.54, 1.807) is 0 Å². The number of nitrogens with one attached hydrogen (secondary N) is 1. The highest BCUT2D eigenvalue weighted by atomic mass is 32.2. The number of benzene rings is 1. The zero-order valence-corrected chi connectivity index (χ0v) is 12.7. The molecule has 1 aliphatic rings. The van der Waals surface area contributed by atoms with Crippen molar-refractivity contribution < 1.29 is 4.79 Å². The Balaban J connectivity index is 1.65. The first-order valence-electron chi connectivity index (χ1n) is 6.59. The average molecular weight is 296 g/mol. The van der Waals surface area contributed by atoms with E-state index < -0.39 is 0 Å².